The van der Waals surface area contributed by atoms with Gasteiger partial charge in [0.2, 0.25) is 0 Å². The number of aromatic nitrogens is 2. The van der Waals surface area contributed by atoms with E-state index in [9.17, 15) is 4.79 Å². The van der Waals surface area contributed by atoms with Crippen LogP contribution in [-0.4, -0.2) is 16.1 Å². The molecule has 0 bridgehead atoms. The molecule has 0 saturated heterocycles. The molecule has 0 aliphatic heterocycles. The minimum Gasteiger partial charge on any atom is -0.310 e. The van der Waals surface area contributed by atoms with E-state index in [2.05, 4.69) is 21.7 Å². The van der Waals surface area contributed by atoms with Crippen LogP contribution in [0.2, 0.25) is 0 Å². The van der Waals surface area contributed by atoms with E-state index >= 15 is 0 Å². The van der Waals surface area contributed by atoms with E-state index in [-0.39, 0.29) is 5.69 Å². The van der Waals surface area contributed by atoms with E-state index in [0.29, 0.717) is 6.54 Å². The van der Waals surface area contributed by atoms with Crippen molar-refractivity contribution < 1.29 is 0 Å². The zero-order valence-electron chi connectivity index (χ0n) is 9.72. The van der Waals surface area contributed by atoms with Crippen LogP contribution in [0.15, 0.2) is 34.7 Å². The highest BCUT2D eigenvalue weighted by Gasteiger charge is 1.97. The second kappa shape index (κ2) is 5.75. The smallest absolute Gasteiger partial charge is 0.310 e. The van der Waals surface area contributed by atoms with Gasteiger partial charge < -0.3 is 5.32 Å². The lowest BCUT2D eigenvalue weighted by molar-refractivity contribution is 0.576. The molecule has 4 nitrogen and oxygen atoms in total. The highest BCUT2D eigenvalue weighted by atomic mass is 32.1. The van der Waals surface area contributed by atoms with Crippen molar-refractivity contribution in [3.63, 3.8) is 0 Å². The van der Waals surface area contributed by atoms with Crippen LogP contribution in [0, 0.1) is 6.92 Å². The molecule has 17 heavy (non-hydrogen) atoms. The monoisotopic (exact) mass is 249 g/mol. The number of rotatable bonds is 5. The Bertz CT molecular complexity index is 519. The molecule has 0 atom stereocenters. The molecular weight excluding hydrogens is 234 g/mol. The lowest BCUT2D eigenvalue weighted by Crippen LogP contribution is -2.28. The van der Waals surface area contributed by atoms with Gasteiger partial charge in [0, 0.05) is 36.9 Å². The van der Waals surface area contributed by atoms with Gasteiger partial charge in [-0.1, -0.05) is 6.07 Å². The third-order valence-corrected chi connectivity index (χ3v) is 3.27. The van der Waals surface area contributed by atoms with Crippen LogP contribution < -0.4 is 11.0 Å². The molecule has 0 fully saturated rings. The quantitative estimate of drug-likeness (QED) is 0.815. The Morgan fingerprint density at radius 2 is 2.41 bits per heavy atom. The van der Waals surface area contributed by atoms with E-state index in [4.69, 9.17) is 0 Å². The summed E-state index contributed by atoms with van der Waals surface area (Å²) in [4.78, 5) is 16.5. The van der Waals surface area contributed by atoms with Crippen molar-refractivity contribution in [2.75, 3.05) is 6.54 Å². The first-order valence-corrected chi connectivity index (χ1v) is 6.40. The average Bonchev–Trinajstić information content (AvgIpc) is 2.82. The standard InChI is InChI=1S/C12H15N3OS/c1-10-7-14-12(16)15(9-10)5-4-13-8-11-3-2-6-17-11/h2-3,6-7,9,13H,4-5,8H2,1H3. The van der Waals surface area contributed by atoms with E-state index in [1.54, 1.807) is 22.1 Å². The van der Waals surface area contributed by atoms with Crippen molar-refractivity contribution in [3.8, 4) is 0 Å². The van der Waals surface area contributed by atoms with Gasteiger partial charge in [0.05, 0.1) is 0 Å². The minimum atomic E-state index is -0.187. The Balaban J connectivity index is 1.82. The lowest BCUT2D eigenvalue weighted by atomic mass is 10.4. The van der Waals surface area contributed by atoms with Crippen LogP contribution in [0.1, 0.15) is 10.4 Å². The summed E-state index contributed by atoms with van der Waals surface area (Å²) in [6.07, 6.45) is 3.43. The summed E-state index contributed by atoms with van der Waals surface area (Å²) in [5, 5.41) is 5.37. The first-order chi connectivity index (χ1) is 8.25. The molecule has 90 valence electrons. The van der Waals surface area contributed by atoms with Crippen molar-refractivity contribution in [1.29, 1.82) is 0 Å². The molecule has 0 aliphatic rings. The highest BCUT2D eigenvalue weighted by molar-refractivity contribution is 7.09. The topological polar surface area (TPSA) is 46.9 Å². The fraction of sp³-hybridized carbons (Fsp3) is 0.333. The van der Waals surface area contributed by atoms with Crippen LogP contribution in [0.5, 0.6) is 0 Å². The fourth-order valence-corrected chi connectivity index (χ4v) is 2.22. The molecule has 2 aromatic rings. The maximum Gasteiger partial charge on any atom is 0.347 e. The Morgan fingerprint density at radius 1 is 1.53 bits per heavy atom. The van der Waals surface area contributed by atoms with Gasteiger partial charge >= 0.3 is 5.69 Å². The van der Waals surface area contributed by atoms with Gasteiger partial charge in [-0.15, -0.1) is 11.3 Å². The second-order valence-corrected chi connectivity index (χ2v) is 4.90. The molecule has 2 rings (SSSR count). The summed E-state index contributed by atoms with van der Waals surface area (Å²) >= 11 is 1.73. The molecular formula is C12H15N3OS. The van der Waals surface area contributed by atoms with Crippen LogP contribution in [0.4, 0.5) is 0 Å². The highest BCUT2D eigenvalue weighted by Crippen LogP contribution is 2.06. The molecule has 2 aromatic heterocycles. The second-order valence-electron chi connectivity index (χ2n) is 3.86. The molecule has 1 N–H and O–H groups in total. The molecule has 0 spiro atoms. The Labute approximate surface area is 104 Å². The summed E-state index contributed by atoms with van der Waals surface area (Å²) in [5.74, 6) is 0. The van der Waals surface area contributed by atoms with E-state index in [1.165, 1.54) is 4.88 Å². The first kappa shape index (κ1) is 12.0. The zero-order valence-corrected chi connectivity index (χ0v) is 10.5. The van der Waals surface area contributed by atoms with Crippen LogP contribution in [0.25, 0.3) is 0 Å². The SMILES string of the molecule is Cc1cnc(=O)n(CCNCc2cccs2)c1. The predicted molar refractivity (Wildman–Crippen MR) is 69.3 cm³/mol. The molecule has 2 heterocycles. The first-order valence-electron chi connectivity index (χ1n) is 5.52. The van der Waals surface area contributed by atoms with Gasteiger partial charge in [-0.3, -0.25) is 4.57 Å². The largest absolute Gasteiger partial charge is 0.347 e. The third kappa shape index (κ3) is 3.51. The van der Waals surface area contributed by atoms with E-state index in [0.717, 1.165) is 18.7 Å². The summed E-state index contributed by atoms with van der Waals surface area (Å²) in [5.41, 5.74) is 0.816. The van der Waals surface area contributed by atoms with Gasteiger partial charge in [0.15, 0.2) is 0 Å². The van der Waals surface area contributed by atoms with E-state index < -0.39 is 0 Å². The van der Waals surface area contributed by atoms with E-state index in [1.807, 2.05) is 19.2 Å². The number of hydrogen-bond donors (Lipinski definition) is 1. The van der Waals surface area contributed by atoms with Crippen LogP contribution >= 0.6 is 11.3 Å². The van der Waals surface area contributed by atoms with Gasteiger partial charge in [0.25, 0.3) is 0 Å². The molecule has 0 aliphatic carbocycles. The van der Waals surface area contributed by atoms with Gasteiger partial charge in [0.1, 0.15) is 0 Å². The molecule has 0 amide bonds. The normalized spacial score (nSPS) is 10.6. The fourth-order valence-electron chi connectivity index (χ4n) is 1.55. The Hall–Kier alpha value is -1.46. The molecule has 0 radical (unpaired) electrons. The Morgan fingerprint density at radius 3 is 3.18 bits per heavy atom. The number of nitrogens with one attached hydrogen (secondary N) is 1. The van der Waals surface area contributed by atoms with Crippen LogP contribution in [0.3, 0.4) is 0 Å². The summed E-state index contributed by atoms with van der Waals surface area (Å²) in [6, 6.07) is 4.13. The average molecular weight is 249 g/mol. The van der Waals surface area contributed by atoms with Crippen molar-refractivity contribution >= 4 is 11.3 Å². The van der Waals surface area contributed by atoms with Crippen molar-refractivity contribution in [3.05, 3.63) is 50.8 Å². The molecule has 5 heteroatoms. The summed E-state index contributed by atoms with van der Waals surface area (Å²) in [7, 11) is 0. The summed E-state index contributed by atoms with van der Waals surface area (Å²) < 4.78 is 1.64. The van der Waals surface area contributed by atoms with Crippen molar-refractivity contribution in [2.24, 2.45) is 0 Å². The van der Waals surface area contributed by atoms with Crippen molar-refractivity contribution in [1.82, 2.24) is 14.9 Å². The predicted octanol–water partition coefficient (Wildman–Crippen LogP) is 1.40. The molecule has 0 unspecified atom stereocenters. The zero-order chi connectivity index (χ0) is 12.1. The Kier molecular flexibility index (Phi) is 4.06. The number of aryl methyl sites for hydroxylation is 1. The van der Waals surface area contributed by atoms with Crippen LogP contribution in [-0.2, 0) is 13.1 Å². The minimum absolute atomic E-state index is 0.187. The number of nitrogens with zero attached hydrogens (tertiary/aromatic N) is 2. The third-order valence-electron chi connectivity index (χ3n) is 2.39. The molecule has 0 aromatic carbocycles. The van der Waals surface area contributed by atoms with Gasteiger partial charge in [-0.2, -0.15) is 0 Å². The molecule has 0 saturated carbocycles. The number of hydrogen-bond acceptors (Lipinski definition) is 4. The summed E-state index contributed by atoms with van der Waals surface area (Å²) in [6.45, 7) is 4.20. The van der Waals surface area contributed by atoms with Crippen molar-refractivity contribution in [2.45, 2.75) is 20.0 Å². The lowest BCUT2D eigenvalue weighted by Gasteiger charge is -2.06. The number of thiophene rings is 1. The van der Waals surface area contributed by atoms with Gasteiger partial charge in [-0.25, -0.2) is 9.78 Å². The van der Waals surface area contributed by atoms with Gasteiger partial charge in [-0.05, 0) is 23.9 Å². The maximum absolute atomic E-state index is 11.4. The maximum atomic E-state index is 11.4.